The Labute approximate surface area is 140 Å². The van der Waals surface area contributed by atoms with Crippen molar-refractivity contribution < 1.29 is 13.9 Å². The first-order valence-corrected chi connectivity index (χ1v) is 7.79. The van der Waals surface area contributed by atoms with Crippen LogP contribution in [0.25, 0.3) is 10.9 Å². The highest BCUT2D eigenvalue weighted by Gasteiger charge is 2.13. The maximum atomic E-state index is 13.8. The molecule has 0 N–H and O–H groups in total. The number of fused-ring (bicyclic) bond motifs is 1. The summed E-state index contributed by atoms with van der Waals surface area (Å²) in [5.41, 5.74) is 1.79. The number of aromatic nitrogens is 2. The smallest absolute Gasteiger partial charge is 0.149 e. The molecule has 0 aliphatic carbocycles. The molecule has 1 unspecified atom stereocenters. The van der Waals surface area contributed by atoms with Crippen molar-refractivity contribution >= 4 is 10.9 Å². The van der Waals surface area contributed by atoms with Crippen molar-refractivity contribution in [1.82, 2.24) is 9.97 Å². The highest BCUT2D eigenvalue weighted by molar-refractivity contribution is 5.81. The second kappa shape index (κ2) is 6.93. The summed E-state index contributed by atoms with van der Waals surface area (Å²) < 4.78 is 25.2. The summed E-state index contributed by atoms with van der Waals surface area (Å²) in [6, 6.07) is 10.4. The van der Waals surface area contributed by atoms with Gasteiger partial charge in [0.1, 0.15) is 22.8 Å². The van der Waals surface area contributed by atoms with Crippen LogP contribution in [0.15, 0.2) is 42.6 Å². The van der Waals surface area contributed by atoms with E-state index in [1.165, 1.54) is 6.07 Å². The van der Waals surface area contributed by atoms with Crippen LogP contribution >= 0.6 is 0 Å². The highest BCUT2D eigenvalue weighted by Crippen LogP contribution is 2.30. The van der Waals surface area contributed by atoms with Gasteiger partial charge in [0.2, 0.25) is 0 Å². The summed E-state index contributed by atoms with van der Waals surface area (Å²) in [5.74, 6) is 0.910. The Balaban J connectivity index is 1.97. The molecule has 0 spiro atoms. The van der Waals surface area contributed by atoms with Gasteiger partial charge in [-0.3, -0.25) is 4.98 Å². The maximum Gasteiger partial charge on any atom is 0.149 e. The number of ether oxygens (including phenoxy) is 2. The number of rotatable bonds is 5. The topological polar surface area (TPSA) is 44.2 Å². The van der Waals surface area contributed by atoms with E-state index in [0.717, 1.165) is 5.69 Å². The molecule has 0 fully saturated rings. The fraction of sp³-hybridized carbons (Fsp3) is 0.263. The van der Waals surface area contributed by atoms with Gasteiger partial charge in [-0.15, -0.1) is 0 Å². The molecule has 124 valence electrons. The quantitative estimate of drug-likeness (QED) is 0.695. The third-order valence-corrected chi connectivity index (χ3v) is 3.89. The molecule has 5 heteroatoms. The molecule has 2 aromatic heterocycles. The van der Waals surface area contributed by atoms with Crippen LogP contribution in [0.4, 0.5) is 4.39 Å². The van der Waals surface area contributed by atoms with Gasteiger partial charge in [0.25, 0.3) is 0 Å². The Morgan fingerprint density at radius 2 is 2.00 bits per heavy atom. The van der Waals surface area contributed by atoms with E-state index in [4.69, 9.17) is 9.47 Å². The minimum atomic E-state index is -0.335. The molecule has 0 aliphatic rings. The van der Waals surface area contributed by atoms with Gasteiger partial charge in [-0.1, -0.05) is 12.1 Å². The first-order chi connectivity index (χ1) is 11.6. The molecule has 1 atom stereocenters. The molecule has 0 bridgehead atoms. The molecule has 3 rings (SSSR count). The molecule has 2 heterocycles. The Hall–Kier alpha value is -2.53. The predicted molar refractivity (Wildman–Crippen MR) is 90.9 cm³/mol. The van der Waals surface area contributed by atoms with Gasteiger partial charge in [0.15, 0.2) is 0 Å². The zero-order valence-corrected chi connectivity index (χ0v) is 13.9. The summed E-state index contributed by atoms with van der Waals surface area (Å²) in [6.45, 7) is 3.78. The largest absolute Gasteiger partial charge is 0.454 e. The van der Waals surface area contributed by atoms with Gasteiger partial charge < -0.3 is 9.47 Å². The number of nitrogens with zero attached hydrogens (tertiary/aromatic N) is 2. The molecule has 0 aliphatic heterocycles. The first-order valence-electron chi connectivity index (χ1n) is 7.79. The van der Waals surface area contributed by atoms with Crippen molar-refractivity contribution in [2.75, 3.05) is 7.11 Å². The highest BCUT2D eigenvalue weighted by atomic mass is 19.1. The van der Waals surface area contributed by atoms with Crippen molar-refractivity contribution in [2.45, 2.75) is 26.4 Å². The van der Waals surface area contributed by atoms with Gasteiger partial charge in [0, 0.05) is 25.1 Å². The second-order valence-corrected chi connectivity index (χ2v) is 5.68. The average molecular weight is 326 g/mol. The van der Waals surface area contributed by atoms with Crippen LogP contribution in [0.5, 0.6) is 11.5 Å². The third kappa shape index (κ3) is 3.36. The molecule has 0 saturated heterocycles. The SMILES string of the molecule is COC(C)Cc1ncccc1Oc1cc2cccc(F)c2nc1C. The predicted octanol–water partition coefficient (Wildman–Crippen LogP) is 4.45. The number of hydrogen-bond acceptors (Lipinski definition) is 4. The fourth-order valence-electron chi connectivity index (χ4n) is 2.48. The van der Waals surface area contributed by atoms with Crippen molar-refractivity contribution in [2.24, 2.45) is 0 Å². The van der Waals surface area contributed by atoms with E-state index in [-0.39, 0.29) is 11.9 Å². The first kappa shape index (κ1) is 16.3. The van der Waals surface area contributed by atoms with Gasteiger partial charge in [-0.05, 0) is 38.1 Å². The van der Waals surface area contributed by atoms with Crippen LogP contribution < -0.4 is 4.74 Å². The maximum absolute atomic E-state index is 13.8. The number of benzene rings is 1. The van der Waals surface area contributed by atoms with E-state index >= 15 is 0 Å². The molecule has 0 radical (unpaired) electrons. The van der Waals surface area contributed by atoms with Crippen LogP contribution in [0.1, 0.15) is 18.3 Å². The van der Waals surface area contributed by atoms with Crippen LogP contribution in [-0.2, 0) is 11.2 Å². The number of para-hydroxylation sites is 1. The van der Waals surface area contributed by atoms with E-state index in [9.17, 15) is 4.39 Å². The Bertz CT molecular complexity index is 867. The monoisotopic (exact) mass is 326 g/mol. The summed E-state index contributed by atoms with van der Waals surface area (Å²) in [7, 11) is 1.67. The van der Waals surface area contributed by atoms with Crippen molar-refractivity contribution in [1.29, 1.82) is 0 Å². The molecule has 0 saturated carbocycles. The lowest BCUT2D eigenvalue weighted by molar-refractivity contribution is 0.117. The minimum absolute atomic E-state index is 0.0344. The summed E-state index contributed by atoms with van der Waals surface area (Å²) >= 11 is 0. The summed E-state index contributed by atoms with van der Waals surface area (Å²) in [5, 5.41) is 0.700. The van der Waals surface area contributed by atoms with Gasteiger partial charge in [-0.2, -0.15) is 0 Å². The molecule has 0 amide bonds. The third-order valence-electron chi connectivity index (χ3n) is 3.89. The van der Waals surface area contributed by atoms with Crippen LogP contribution in [0, 0.1) is 12.7 Å². The molecule has 4 nitrogen and oxygen atoms in total. The minimum Gasteiger partial charge on any atom is -0.454 e. The van der Waals surface area contributed by atoms with Crippen LogP contribution in [0.3, 0.4) is 0 Å². The zero-order chi connectivity index (χ0) is 17.1. The molecular formula is C19H19FN2O2. The van der Waals surface area contributed by atoms with E-state index < -0.39 is 0 Å². The summed E-state index contributed by atoms with van der Waals surface area (Å²) in [4.78, 5) is 8.72. The lowest BCUT2D eigenvalue weighted by Gasteiger charge is -2.14. The molecule has 1 aromatic carbocycles. The number of halogens is 1. The fourth-order valence-corrected chi connectivity index (χ4v) is 2.48. The summed E-state index contributed by atoms with van der Waals surface area (Å²) in [6.07, 6.45) is 2.40. The van der Waals surface area contributed by atoms with Gasteiger partial charge in [0.05, 0.1) is 17.5 Å². The van der Waals surface area contributed by atoms with E-state index in [1.54, 1.807) is 32.4 Å². The standard InChI is InChI=1S/C19H19FN2O2/c1-12(23-3)10-16-17(8-5-9-21-16)24-18-11-14-6-4-7-15(20)19(14)22-13(18)2/h4-9,11-12H,10H2,1-3H3. The normalized spacial score (nSPS) is 12.3. The van der Waals surface area contributed by atoms with Crippen molar-refractivity contribution in [3.05, 3.63) is 59.8 Å². The second-order valence-electron chi connectivity index (χ2n) is 5.68. The van der Waals surface area contributed by atoms with Crippen LogP contribution in [-0.4, -0.2) is 23.2 Å². The van der Waals surface area contributed by atoms with E-state index in [1.807, 2.05) is 25.1 Å². The zero-order valence-electron chi connectivity index (χ0n) is 13.9. The number of methoxy groups -OCH3 is 1. The van der Waals surface area contributed by atoms with E-state index in [2.05, 4.69) is 9.97 Å². The number of hydrogen-bond donors (Lipinski definition) is 0. The number of pyridine rings is 2. The van der Waals surface area contributed by atoms with Crippen LogP contribution in [0.2, 0.25) is 0 Å². The van der Waals surface area contributed by atoms with Gasteiger partial charge >= 0.3 is 0 Å². The lowest BCUT2D eigenvalue weighted by Crippen LogP contribution is -2.10. The lowest BCUT2D eigenvalue weighted by atomic mass is 10.1. The van der Waals surface area contributed by atoms with Gasteiger partial charge in [-0.25, -0.2) is 9.37 Å². The van der Waals surface area contributed by atoms with E-state index in [0.29, 0.717) is 34.5 Å². The Morgan fingerprint density at radius 3 is 2.79 bits per heavy atom. The average Bonchev–Trinajstić information content (AvgIpc) is 2.58. The number of aryl methyl sites for hydroxylation is 1. The van der Waals surface area contributed by atoms with Crippen molar-refractivity contribution in [3.8, 4) is 11.5 Å². The Morgan fingerprint density at radius 1 is 1.17 bits per heavy atom. The molecular weight excluding hydrogens is 307 g/mol. The Kier molecular flexibility index (Phi) is 4.71. The van der Waals surface area contributed by atoms with Crippen molar-refractivity contribution in [3.63, 3.8) is 0 Å². The molecule has 3 aromatic rings. The molecule has 24 heavy (non-hydrogen) atoms.